The molecule has 0 saturated carbocycles. The molecule has 0 spiro atoms. The van der Waals surface area contributed by atoms with Crippen molar-refractivity contribution < 1.29 is 4.79 Å². The molecule has 2 rings (SSSR count). The third-order valence-corrected chi connectivity index (χ3v) is 4.36. The molecule has 0 bridgehead atoms. The Morgan fingerprint density at radius 1 is 1.19 bits per heavy atom. The number of hydrogen-bond acceptors (Lipinski definition) is 4. The molecule has 7 heteroatoms. The molecule has 0 atom stereocenters. The van der Waals surface area contributed by atoms with E-state index >= 15 is 0 Å². The van der Waals surface area contributed by atoms with E-state index in [1.54, 1.807) is 0 Å². The number of aliphatic imine (C=N–C) groups is 1. The van der Waals surface area contributed by atoms with Crippen LogP contribution in [0.3, 0.4) is 0 Å². The van der Waals surface area contributed by atoms with E-state index in [4.69, 9.17) is 0 Å². The van der Waals surface area contributed by atoms with Gasteiger partial charge in [-0.1, -0.05) is 19.4 Å². The molecule has 1 aliphatic heterocycles. The Hall–Kier alpha value is -2.31. The fourth-order valence-corrected chi connectivity index (χ4v) is 2.86. The summed E-state index contributed by atoms with van der Waals surface area (Å²) in [6.45, 7) is 9.61. The van der Waals surface area contributed by atoms with E-state index in [1.165, 1.54) is 0 Å². The van der Waals surface area contributed by atoms with Crippen molar-refractivity contribution in [3.05, 3.63) is 24.4 Å². The van der Waals surface area contributed by atoms with Gasteiger partial charge in [0.05, 0.1) is 0 Å². The minimum Gasteiger partial charge on any atom is -0.357 e. The van der Waals surface area contributed by atoms with Crippen LogP contribution in [0.2, 0.25) is 0 Å². The van der Waals surface area contributed by atoms with Crippen molar-refractivity contribution in [2.24, 2.45) is 4.99 Å². The van der Waals surface area contributed by atoms with Crippen molar-refractivity contribution in [3.8, 4) is 0 Å². The first-order valence-corrected chi connectivity index (χ1v) is 9.70. The molecule has 1 aromatic heterocycles. The summed E-state index contributed by atoms with van der Waals surface area (Å²) < 4.78 is 0. The topological polar surface area (TPSA) is 72.9 Å². The third-order valence-electron chi connectivity index (χ3n) is 4.36. The molecule has 7 nitrogen and oxygen atoms in total. The molecule has 1 aliphatic rings. The van der Waals surface area contributed by atoms with Crippen molar-refractivity contribution in [3.63, 3.8) is 0 Å². The second kappa shape index (κ2) is 11.3. The molecule has 2 N–H and O–H groups in total. The van der Waals surface area contributed by atoms with Crippen molar-refractivity contribution in [1.82, 2.24) is 20.5 Å². The molecular formula is C19H32N6O. The van der Waals surface area contributed by atoms with E-state index in [0.29, 0.717) is 13.0 Å². The maximum absolute atomic E-state index is 12.4. The first kappa shape index (κ1) is 20.0. The van der Waals surface area contributed by atoms with E-state index in [-0.39, 0.29) is 5.91 Å². The van der Waals surface area contributed by atoms with Gasteiger partial charge in [-0.3, -0.25) is 9.79 Å². The molecule has 0 radical (unpaired) electrons. The zero-order valence-electron chi connectivity index (χ0n) is 16.1. The highest BCUT2D eigenvalue weighted by Crippen LogP contribution is 2.12. The average molecular weight is 361 g/mol. The van der Waals surface area contributed by atoms with Crippen LogP contribution in [0.4, 0.5) is 5.82 Å². The third kappa shape index (κ3) is 6.54. The highest BCUT2D eigenvalue weighted by molar-refractivity contribution is 5.81. The zero-order chi connectivity index (χ0) is 18.6. The lowest BCUT2D eigenvalue weighted by Crippen LogP contribution is -2.49. The number of carbonyl (C=O) groups excluding carboxylic acids is 1. The van der Waals surface area contributed by atoms with Crippen LogP contribution < -0.4 is 15.5 Å². The summed E-state index contributed by atoms with van der Waals surface area (Å²) in [5, 5.41) is 6.47. The van der Waals surface area contributed by atoms with Gasteiger partial charge >= 0.3 is 0 Å². The minimum atomic E-state index is 0.197. The first-order valence-electron chi connectivity index (χ1n) is 9.70. The predicted molar refractivity (Wildman–Crippen MR) is 107 cm³/mol. The normalized spacial score (nSPS) is 15.1. The largest absolute Gasteiger partial charge is 0.357 e. The van der Waals surface area contributed by atoms with Crippen molar-refractivity contribution in [2.45, 2.75) is 33.1 Å². The van der Waals surface area contributed by atoms with Crippen LogP contribution in [-0.4, -0.2) is 67.6 Å². The lowest BCUT2D eigenvalue weighted by atomic mass is 10.2. The fourth-order valence-electron chi connectivity index (χ4n) is 2.86. The summed E-state index contributed by atoms with van der Waals surface area (Å²) in [4.78, 5) is 25.5. The summed E-state index contributed by atoms with van der Waals surface area (Å²) in [6.07, 6.45) is 4.51. The van der Waals surface area contributed by atoms with Gasteiger partial charge < -0.3 is 20.4 Å². The molecule has 1 aromatic rings. The number of guanidine groups is 1. The number of aromatic nitrogens is 1. The number of anilines is 1. The molecule has 0 unspecified atom stereocenters. The van der Waals surface area contributed by atoms with Gasteiger partial charge in [0.15, 0.2) is 5.96 Å². The summed E-state index contributed by atoms with van der Waals surface area (Å²) in [7, 11) is 0. The van der Waals surface area contributed by atoms with Gasteiger partial charge in [-0.2, -0.15) is 0 Å². The van der Waals surface area contributed by atoms with Crippen LogP contribution in [0.25, 0.3) is 0 Å². The number of carbonyl (C=O) groups is 1. The van der Waals surface area contributed by atoms with Crippen molar-refractivity contribution in [1.29, 1.82) is 0 Å². The SMILES string of the molecule is CCCCN=C(NCC)NCCC(=O)N1CCN(c2ccccn2)CC1. The summed E-state index contributed by atoms with van der Waals surface area (Å²) >= 11 is 0. The van der Waals surface area contributed by atoms with Gasteiger partial charge in [0.2, 0.25) is 5.91 Å². The Kier molecular flexibility index (Phi) is 8.72. The molecule has 2 heterocycles. The summed E-state index contributed by atoms with van der Waals surface area (Å²) in [5.74, 6) is 1.98. The van der Waals surface area contributed by atoms with Gasteiger partial charge in [0.25, 0.3) is 0 Å². The second-order valence-electron chi connectivity index (χ2n) is 6.35. The number of nitrogens with one attached hydrogen (secondary N) is 2. The van der Waals surface area contributed by atoms with Crippen molar-refractivity contribution in [2.75, 3.05) is 50.7 Å². The Balaban J connectivity index is 1.70. The van der Waals surface area contributed by atoms with Gasteiger partial charge in [-0.05, 0) is 25.5 Å². The van der Waals surface area contributed by atoms with E-state index < -0.39 is 0 Å². The van der Waals surface area contributed by atoms with Crippen LogP contribution in [0.15, 0.2) is 29.4 Å². The Morgan fingerprint density at radius 3 is 2.65 bits per heavy atom. The molecular weight excluding hydrogens is 328 g/mol. The lowest BCUT2D eigenvalue weighted by Gasteiger charge is -2.35. The zero-order valence-corrected chi connectivity index (χ0v) is 16.1. The number of nitrogens with zero attached hydrogens (tertiary/aromatic N) is 4. The monoisotopic (exact) mass is 360 g/mol. The van der Waals surface area contributed by atoms with E-state index in [2.05, 4.69) is 32.4 Å². The molecule has 144 valence electrons. The number of hydrogen-bond donors (Lipinski definition) is 2. The number of rotatable bonds is 8. The van der Waals surface area contributed by atoms with Crippen molar-refractivity contribution >= 4 is 17.7 Å². The van der Waals surface area contributed by atoms with Gasteiger partial charge in [0.1, 0.15) is 5.82 Å². The smallest absolute Gasteiger partial charge is 0.224 e. The number of amides is 1. The van der Waals surface area contributed by atoms with Gasteiger partial charge in [-0.25, -0.2) is 4.98 Å². The maximum atomic E-state index is 12.4. The number of piperazine rings is 1. The first-order chi connectivity index (χ1) is 12.7. The molecule has 1 saturated heterocycles. The molecule has 0 aromatic carbocycles. The predicted octanol–water partition coefficient (Wildman–Crippen LogP) is 1.48. The van der Waals surface area contributed by atoms with Gasteiger partial charge in [0, 0.05) is 58.4 Å². The maximum Gasteiger partial charge on any atom is 0.224 e. The quantitative estimate of drug-likeness (QED) is 0.417. The highest BCUT2D eigenvalue weighted by atomic mass is 16.2. The van der Waals surface area contributed by atoms with Crippen LogP contribution in [0, 0.1) is 0 Å². The molecule has 0 aliphatic carbocycles. The van der Waals surface area contributed by atoms with Crippen LogP contribution in [0.1, 0.15) is 33.1 Å². The van der Waals surface area contributed by atoms with E-state index in [0.717, 1.165) is 63.9 Å². The summed E-state index contributed by atoms with van der Waals surface area (Å²) in [5.41, 5.74) is 0. The Bertz CT molecular complexity index is 554. The van der Waals surface area contributed by atoms with Crippen LogP contribution >= 0.6 is 0 Å². The average Bonchev–Trinajstić information content (AvgIpc) is 2.69. The summed E-state index contributed by atoms with van der Waals surface area (Å²) in [6, 6.07) is 5.93. The molecule has 1 fully saturated rings. The molecule has 1 amide bonds. The lowest BCUT2D eigenvalue weighted by molar-refractivity contribution is -0.131. The van der Waals surface area contributed by atoms with Crippen LogP contribution in [-0.2, 0) is 4.79 Å². The van der Waals surface area contributed by atoms with E-state index in [9.17, 15) is 4.79 Å². The second-order valence-corrected chi connectivity index (χ2v) is 6.35. The number of unbranched alkanes of at least 4 members (excludes halogenated alkanes) is 1. The standard InChI is InChI=1S/C19H32N6O/c1-3-5-10-22-19(20-4-2)23-12-9-18(26)25-15-13-24(14-16-25)17-8-6-7-11-21-17/h6-8,11H,3-5,9-10,12-16H2,1-2H3,(H2,20,22,23). The Morgan fingerprint density at radius 2 is 2.00 bits per heavy atom. The fraction of sp³-hybridized carbons (Fsp3) is 0.632. The van der Waals surface area contributed by atoms with Gasteiger partial charge in [-0.15, -0.1) is 0 Å². The number of pyridine rings is 1. The minimum absolute atomic E-state index is 0.197. The Labute approximate surface area is 156 Å². The van der Waals surface area contributed by atoms with Crippen LogP contribution in [0.5, 0.6) is 0 Å². The molecule has 26 heavy (non-hydrogen) atoms. The highest BCUT2D eigenvalue weighted by Gasteiger charge is 2.21. The van der Waals surface area contributed by atoms with E-state index in [1.807, 2.05) is 36.2 Å².